The summed E-state index contributed by atoms with van der Waals surface area (Å²) in [6.07, 6.45) is 3.42. The van der Waals surface area contributed by atoms with E-state index in [0.29, 0.717) is 11.3 Å². The third-order valence-electron chi connectivity index (χ3n) is 3.73. The van der Waals surface area contributed by atoms with Gasteiger partial charge in [-0.05, 0) is 11.5 Å². The Morgan fingerprint density at radius 3 is 2.59 bits per heavy atom. The summed E-state index contributed by atoms with van der Waals surface area (Å²) < 4.78 is 0. The molecule has 0 atom stereocenters. The van der Waals surface area contributed by atoms with Crippen molar-refractivity contribution in [3.63, 3.8) is 0 Å². The Morgan fingerprint density at radius 2 is 1.82 bits per heavy atom. The summed E-state index contributed by atoms with van der Waals surface area (Å²) >= 11 is 0. The minimum Gasteiger partial charge on any atom is -0.390 e. The molecule has 0 aliphatic heterocycles. The number of aromatic nitrogens is 1. The van der Waals surface area contributed by atoms with Gasteiger partial charge in [0.05, 0.1) is 0 Å². The Labute approximate surface area is 127 Å². The Hall–Kier alpha value is -3.01. The van der Waals surface area contributed by atoms with Crippen molar-refractivity contribution in [3.8, 4) is 0 Å². The van der Waals surface area contributed by atoms with Crippen LogP contribution in [0.15, 0.2) is 66.1 Å². The van der Waals surface area contributed by atoms with Gasteiger partial charge in [0.25, 0.3) is 0 Å². The van der Waals surface area contributed by atoms with Gasteiger partial charge < -0.3 is 4.84 Å². The van der Waals surface area contributed by atoms with Crippen LogP contribution in [0.2, 0.25) is 0 Å². The third-order valence-corrected chi connectivity index (χ3v) is 3.73. The van der Waals surface area contributed by atoms with E-state index >= 15 is 0 Å². The van der Waals surface area contributed by atoms with Gasteiger partial charge in [-0.25, -0.2) is 0 Å². The number of rotatable bonds is 3. The number of carbonyl (C=O) groups is 1. The maximum Gasteiger partial charge on any atom is 0.216 e. The van der Waals surface area contributed by atoms with Crippen molar-refractivity contribution in [1.82, 2.24) is 4.98 Å². The molecule has 0 spiro atoms. The number of ketones is 1. The molecule has 1 heterocycles. The van der Waals surface area contributed by atoms with Gasteiger partial charge in [0.15, 0.2) is 5.71 Å². The first kappa shape index (κ1) is 12.7. The van der Waals surface area contributed by atoms with E-state index in [1.54, 1.807) is 12.4 Å². The zero-order valence-electron chi connectivity index (χ0n) is 11.7. The van der Waals surface area contributed by atoms with E-state index in [1.807, 2.05) is 48.5 Å². The van der Waals surface area contributed by atoms with Crippen molar-refractivity contribution in [2.45, 2.75) is 6.61 Å². The Bertz CT molecular complexity index is 896. The first-order valence-corrected chi connectivity index (χ1v) is 7.00. The molecule has 1 aliphatic carbocycles. The summed E-state index contributed by atoms with van der Waals surface area (Å²) in [7, 11) is 0. The second-order valence-electron chi connectivity index (χ2n) is 5.11. The summed E-state index contributed by atoms with van der Waals surface area (Å²) in [5.74, 6) is -0.0852. The van der Waals surface area contributed by atoms with Crippen molar-refractivity contribution in [2.75, 3.05) is 0 Å². The molecule has 4 rings (SSSR count). The number of nitrogens with zero attached hydrogens (tertiary/aromatic N) is 2. The van der Waals surface area contributed by atoms with Gasteiger partial charge in [-0.2, -0.15) is 0 Å². The highest BCUT2D eigenvalue weighted by atomic mass is 16.6. The molecule has 22 heavy (non-hydrogen) atoms. The number of hydrogen-bond donors (Lipinski definition) is 0. The van der Waals surface area contributed by atoms with E-state index in [2.05, 4.69) is 10.1 Å². The first-order valence-electron chi connectivity index (χ1n) is 7.00. The normalized spacial score (nSPS) is 14.7. The molecule has 0 saturated carbocycles. The molecule has 0 bridgehead atoms. The van der Waals surface area contributed by atoms with Crippen molar-refractivity contribution >= 4 is 22.3 Å². The van der Waals surface area contributed by atoms with Crippen LogP contribution in [0.5, 0.6) is 0 Å². The molecule has 4 nitrogen and oxygen atoms in total. The van der Waals surface area contributed by atoms with Crippen LogP contribution >= 0.6 is 0 Å². The average Bonchev–Trinajstić information content (AvgIpc) is 2.84. The average molecular weight is 288 g/mol. The lowest BCUT2D eigenvalue weighted by Crippen LogP contribution is -2.09. The maximum atomic E-state index is 12.5. The number of benzene rings is 2. The molecular formula is C18H12N2O2. The number of oxime groups is 1. The van der Waals surface area contributed by atoms with E-state index in [-0.39, 0.29) is 12.4 Å². The molecule has 0 radical (unpaired) electrons. The fraction of sp³-hybridized carbons (Fsp3) is 0.0556. The molecule has 0 unspecified atom stereocenters. The van der Waals surface area contributed by atoms with Gasteiger partial charge in [0.2, 0.25) is 5.78 Å². The van der Waals surface area contributed by atoms with Crippen LogP contribution < -0.4 is 0 Å². The highest BCUT2D eigenvalue weighted by Gasteiger charge is 2.29. The van der Waals surface area contributed by atoms with Crippen LogP contribution in [0.4, 0.5) is 0 Å². The van der Waals surface area contributed by atoms with Crippen LogP contribution in [0.1, 0.15) is 21.5 Å². The Kier molecular flexibility index (Phi) is 2.93. The minimum absolute atomic E-state index is 0.0852. The molecule has 0 saturated heterocycles. The maximum absolute atomic E-state index is 12.5. The largest absolute Gasteiger partial charge is 0.390 e. The van der Waals surface area contributed by atoms with Gasteiger partial charge in [-0.3, -0.25) is 9.78 Å². The molecule has 0 fully saturated rings. The summed E-state index contributed by atoms with van der Waals surface area (Å²) in [6, 6.07) is 15.3. The van der Waals surface area contributed by atoms with Crippen LogP contribution in [0, 0.1) is 0 Å². The van der Waals surface area contributed by atoms with Gasteiger partial charge >= 0.3 is 0 Å². The molecular weight excluding hydrogens is 276 g/mol. The molecule has 0 N–H and O–H groups in total. The quantitative estimate of drug-likeness (QED) is 0.694. The lowest BCUT2D eigenvalue weighted by atomic mass is 10.1. The second-order valence-corrected chi connectivity index (χ2v) is 5.11. The summed E-state index contributed by atoms with van der Waals surface area (Å²) in [5, 5.41) is 6.08. The fourth-order valence-corrected chi connectivity index (χ4v) is 2.72. The van der Waals surface area contributed by atoms with Crippen LogP contribution in [0.25, 0.3) is 10.8 Å². The molecule has 1 aliphatic rings. The summed E-state index contributed by atoms with van der Waals surface area (Å²) in [6.45, 7) is 0.289. The van der Waals surface area contributed by atoms with Crippen LogP contribution in [-0.2, 0) is 11.4 Å². The van der Waals surface area contributed by atoms with Crippen LogP contribution in [0.3, 0.4) is 0 Å². The lowest BCUT2D eigenvalue weighted by Gasteiger charge is -2.01. The summed E-state index contributed by atoms with van der Waals surface area (Å²) in [4.78, 5) is 21.9. The molecule has 3 aromatic rings. The monoisotopic (exact) mass is 288 g/mol. The zero-order chi connectivity index (χ0) is 14.9. The molecule has 0 amide bonds. The first-order chi connectivity index (χ1) is 10.8. The summed E-state index contributed by atoms with van der Waals surface area (Å²) in [5.41, 5.74) is 2.81. The van der Waals surface area contributed by atoms with E-state index in [1.165, 1.54) is 0 Å². The molecule has 1 aromatic heterocycles. The molecule has 2 aromatic carbocycles. The van der Waals surface area contributed by atoms with Crippen molar-refractivity contribution in [2.24, 2.45) is 5.16 Å². The SMILES string of the molecule is O=C1/C(=N\OCc2cccnc2)c2cccc3cccc1c23. The highest BCUT2D eigenvalue weighted by molar-refractivity contribution is 6.58. The highest BCUT2D eigenvalue weighted by Crippen LogP contribution is 2.31. The predicted octanol–water partition coefficient (Wildman–Crippen LogP) is 3.35. The predicted molar refractivity (Wildman–Crippen MR) is 83.8 cm³/mol. The van der Waals surface area contributed by atoms with Gasteiger partial charge in [-0.15, -0.1) is 0 Å². The van der Waals surface area contributed by atoms with E-state index < -0.39 is 0 Å². The van der Waals surface area contributed by atoms with Crippen molar-refractivity contribution in [1.29, 1.82) is 0 Å². The van der Waals surface area contributed by atoms with Crippen LogP contribution in [-0.4, -0.2) is 16.5 Å². The van der Waals surface area contributed by atoms with Crippen molar-refractivity contribution < 1.29 is 9.63 Å². The van der Waals surface area contributed by atoms with E-state index in [4.69, 9.17) is 4.84 Å². The second kappa shape index (κ2) is 5.07. The Balaban J connectivity index is 1.68. The van der Waals surface area contributed by atoms with E-state index in [0.717, 1.165) is 21.9 Å². The number of pyridine rings is 1. The van der Waals surface area contributed by atoms with Crippen molar-refractivity contribution in [3.05, 3.63) is 77.6 Å². The standard InChI is InChI=1S/C18H12N2O2/c21-18-15-8-2-6-13-5-1-7-14(16(13)15)17(18)20-22-11-12-4-3-9-19-10-12/h1-10H,11H2/b20-17-. The molecule has 106 valence electrons. The lowest BCUT2D eigenvalue weighted by molar-refractivity contribution is 0.104. The van der Waals surface area contributed by atoms with Gasteiger partial charge in [0.1, 0.15) is 6.61 Å². The van der Waals surface area contributed by atoms with E-state index in [9.17, 15) is 4.79 Å². The smallest absolute Gasteiger partial charge is 0.216 e. The number of hydrogen-bond acceptors (Lipinski definition) is 4. The van der Waals surface area contributed by atoms with Gasteiger partial charge in [0, 0.05) is 34.5 Å². The Morgan fingerprint density at radius 1 is 1.00 bits per heavy atom. The van der Waals surface area contributed by atoms with Gasteiger partial charge in [-0.1, -0.05) is 47.6 Å². The number of Topliss-reactive ketones (excluding diaryl/α,β-unsaturated/α-hetero) is 1. The topological polar surface area (TPSA) is 51.5 Å². The third kappa shape index (κ3) is 1.97. The fourth-order valence-electron chi connectivity index (χ4n) is 2.72. The minimum atomic E-state index is -0.0852. The number of carbonyl (C=O) groups excluding carboxylic acids is 1. The zero-order valence-corrected chi connectivity index (χ0v) is 11.7. The molecule has 4 heteroatoms.